The van der Waals surface area contributed by atoms with E-state index >= 15 is 0 Å². The van der Waals surface area contributed by atoms with E-state index < -0.39 is 3.79 Å². The Morgan fingerprint density at radius 2 is 1.57 bits per heavy atom. The van der Waals surface area contributed by atoms with Gasteiger partial charge in [0.25, 0.3) is 0 Å². The van der Waals surface area contributed by atoms with Gasteiger partial charge in [-0.2, -0.15) is 15.0 Å². The molecule has 0 aliphatic rings. The molecule has 6 nitrogen and oxygen atoms in total. The third-order valence-electron chi connectivity index (χ3n) is 1.01. The van der Waals surface area contributed by atoms with E-state index in [9.17, 15) is 0 Å². The summed E-state index contributed by atoms with van der Waals surface area (Å²) in [7, 11) is 0. The van der Waals surface area contributed by atoms with E-state index in [2.05, 4.69) is 15.0 Å². The van der Waals surface area contributed by atoms with Crippen molar-refractivity contribution in [3.8, 4) is 6.01 Å². The average molecular weight is 258 g/mol. The molecule has 14 heavy (non-hydrogen) atoms. The summed E-state index contributed by atoms with van der Waals surface area (Å²) in [6.45, 7) is -0.208. The van der Waals surface area contributed by atoms with Crippen LogP contribution in [0, 0.1) is 0 Å². The van der Waals surface area contributed by atoms with Crippen LogP contribution < -0.4 is 16.2 Å². The van der Waals surface area contributed by atoms with Gasteiger partial charge in [0, 0.05) is 0 Å². The van der Waals surface area contributed by atoms with Crippen LogP contribution in [0.2, 0.25) is 0 Å². The predicted octanol–water partition coefficient (Wildman–Crippen LogP) is 0.785. The normalized spacial score (nSPS) is 11.4. The molecule has 0 bridgehead atoms. The van der Waals surface area contributed by atoms with E-state index in [-0.39, 0.29) is 24.5 Å². The van der Waals surface area contributed by atoms with Crippen LogP contribution in [0.1, 0.15) is 0 Å². The van der Waals surface area contributed by atoms with E-state index in [1.165, 1.54) is 0 Å². The monoisotopic (exact) mass is 257 g/mol. The van der Waals surface area contributed by atoms with Gasteiger partial charge in [-0.15, -0.1) is 0 Å². The van der Waals surface area contributed by atoms with Gasteiger partial charge in [-0.05, 0) is 0 Å². The van der Waals surface area contributed by atoms with Crippen LogP contribution in [-0.4, -0.2) is 25.4 Å². The number of nitrogens with two attached hydrogens (primary N) is 2. The van der Waals surface area contributed by atoms with Crippen molar-refractivity contribution in [3.63, 3.8) is 0 Å². The molecule has 9 heteroatoms. The van der Waals surface area contributed by atoms with Crippen molar-refractivity contribution in [1.29, 1.82) is 0 Å². The molecule has 1 aromatic rings. The molecule has 1 rings (SSSR count). The Morgan fingerprint density at radius 3 is 2.00 bits per heavy atom. The van der Waals surface area contributed by atoms with Gasteiger partial charge in [0.2, 0.25) is 15.7 Å². The third-order valence-corrected chi connectivity index (χ3v) is 1.34. The maximum absolute atomic E-state index is 5.43. The smallest absolute Gasteiger partial charge is 0.323 e. The summed E-state index contributed by atoms with van der Waals surface area (Å²) in [5.41, 5.74) is 10.6. The molecule has 0 atom stereocenters. The molecule has 0 radical (unpaired) electrons. The Hall–Kier alpha value is -0.720. The first-order chi connectivity index (χ1) is 6.37. The lowest BCUT2D eigenvalue weighted by molar-refractivity contribution is 0.300. The number of ether oxygens (including phenoxy) is 1. The molecular formula is C5H6Cl3N5O. The summed E-state index contributed by atoms with van der Waals surface area (Å²) in [5.74, 6) is -0.117. The largest absolute Gasteiger partial charge is 0.459 e. The molecule has 1 aromatic heterocycles. The summed E-state index contributed by atoms with van der Waals surface area (Å²) >= 11 is 16.3. The minimum Gasteiger partial charge on any atom is -0.459 e. The van der Waals surface area contributed by atoms with Gasteiger partial charge in [0.1, 0.15) is 6.61 Å². The lowest BCUT2D eigenvalue weighted by atomic mass is 10.8. The van der Waals surface area contributed by atoms with Gasteiger partial charge < -0.3 is 16.2 Å². The SMILES string of the molecule is Nc1nc(N)nc(OCC(Cl)(Cl)Cl)n1. The van der Waals surface area contributed by atoms with Crippen molar-refractivity contribution in [1.82, 2.24) is 15.0 Å². The Morgan fingerprint density at radius 1 is 1.07 bits per heavy atom. The third kappa shape index (κ3) is 3.99. The zero-order valence-electron chi connectivity index (χ0n) is 6.75. The van der Waals surface area contributed by atoms with Gasteiger partial charge in [-0.1, -0.05) is 34.8 Å². The maximum atomic E-state index is 5.43. The van der Waals surface area contributed by atoms with Crippen molar-refractivity contribution in [2.75, 3.05) is 18.1 Å². The highest BCUT2D eigenvalue weighted by Gasteiger charge is 2.21. The number of anilines is 2. The van der Waals surface area contributed by atoms with E-state index in [1.807, 2.05) is 0 Å². The molecule has 0 unspecified atom stereocenters. The first kappa shape index (κ1) is 11.4. The highest BCUT2D eigenvalue weighted by molar-refractivity contribution is 6.67. The highest BCUT2D eigenvalue weighted by Crippen LogP contribution is 2.26. The van der Waals surface area contributed by atoms with Crippen LogP contribution in [0.5, 0.6) is 6.01 Å². The molecule has 78 valence electrons. The second-order valence-corrected chi connectivity index (χ2v) is 4.75. The number of nitrogens with zero attached hydrogens (tertiary/aromatic N) is 3. The first-order valence-corrected chi connectivity index (χ1v) is 4.47. The van der Waals surface area contributed by atoms with E-state index in [0.29, 0.717) is 0 Å². The number of nitrogen functional groups attached to an aromatic ring is 2. The zero-order valence-corrected chi connectivity index (χ0v) is 9.01. The summed E-state index contributed by atoms with van der Waals surface area (Å²) in [4.78, 5) is 10.8. The fourth-order valence-corrected chi connectivity index (χ4v) is 0.763. The Balaban J connectivity index is 2.68. The van der Waals surface area contributed by atoms with Crippen LogP contribution in [0.3, 0.4) is 0 Å². The summed E-state index contributed by atoms with van der Waals surface area (Å²) in [5, 5.41) is 0. The molecule has 0 saturated carbocycles. The second kappa shape index (κ2) is 4.20. The molecule has 0 saturated heterocycles. The number of halogens is 3. The standard InChI is InChI=1S/C5H6Cl3N5O/c6-5(7,8)1-14-4-12-2(9)11-3(10)13-4/h1H2,(H4,9,10,11,12,13). The summed E-state index contributed by atoms with van der Waals surface area (Å²) in [6.07, 6.45) is 0. The maximum Gasteiger partial charge on any atom is 0.323 e. The zero-order chi connectivity index (χ0) is 10.8. The molecule has 0 aromatic carbocycles. The highest BCUT2D eigenvalue weighted by atomic mass is 35.6. The minimum atomic E-state index is -1.55. The summed E-state index contributed by atoms with van der Waals surface area (Å²) < 4.78 is 3.37. The lowest BCUT2D eigenvalue weighted by Gasteiger charge is -2.10. The molecule has 0 spiro atoms. The number of hydrogen-bond donors (Lipinski definition) is 2. The average Bonchev–Trinajstić information content (AvgIpc) is 1.97. The molecule has 0 aliphatic heterocycles. The van der Waals surface area contributed by atoms with Crippen molar-refractivity contribution >= 4 is 46.7 Å². The second-order valence-electron chi connectivity index (χ2n) is 2.24. The molecular weight excluding hydrogens is 252 g/mol. The molecule has 0 aliphatic carbocycles. The number of alkyl halides is 3. The fourth-order valence-electron chi connectivity index (χ4n) is 0.599. The number of hydrogen-bond acceptors (Lipinski definition) is 6. The van der Waals surface area contributed by atoms with Crippen LogP contribution in [0.4, 0.5) is 11.9 Å². The molecule has 0 fully saturated rings. The van der Waals surface area contributed by atoms with Gasteiger partial charge in [0.05, 0.1) is 0 Å². The Kier molecular flexibility index (Phi) is 3.41. The molecule has 4 N–H and O–H groups in total. The Bertz CT molecular complexity index is 307. The minimum absolute atomic E-state index is 0.0585. The lowest BCUT2D eigenvalue weighted by Crippen LogP contribution is -2.17. The van der Waals surface area contributed by atoms with E-state index in [4.69, 9.17) is 51.0 Å². The van der Waals surface area contributed by atoms with Crippen LogP contribution in [0.25, 0.3) is 0 Å². The Labute approximate surface area is 94.5 Å². The molecule has 1 heterocycles. The van der Waals surface area contributed by atoms with Gasteiger partial charge in [0.15, 0.2) is 0 Å². The van der Waals surface area contributed by atoms with Gasteiger partial charge >= 0.3 is 6.01 Å². The van der Waals surface area contributed by atoms with Crippen molar-refractivity contribution in [3.05, 3.63) is 0 Å². The predicted molar refractivity (Wildman–Crippen MR) is 54.4 cm³/mol. The van der Waals surface area contributed by atoms with Crippen LogP contribution in [0.15, 0.2) is 0 Å². The quantitative estimate of drug-likeness (QED) is 0.761. The van der Waals surface area contributed by atoms with Crippen LogP contribution >= 0.6 is 34.8 Å². The first-order valence-electron chi connectivity index (χ1n) is 3.33. The van der Waals surface area contributed by atoms with Gasteiger partial charge in [-0.3, -0.25) is 0 Å². The van der Waals surface area contributed by atoms with Crippen LogP contribution in [-0.2, 0) is 0 Å². The number of rotatable bonds is 2. The summed E-state index contributed by atoms with van der Waals surface area (Å²) in [6, 6.07) is -0.0821. The van der Waals surface area contributed by atoms with E-state index in [0.717, 1.165) is 0 Å². The van der Waals surface area contributed by atoms with Gasteiger partial charge in [-0.25, -0.2) is 0 Å². The topological polar surface area (TPSA) is 99.9 Å². The van der Waals surface area contributed by atoms with Crippen molar-refractivity contribution in [2.24, 2.45) is 0 Å². The number of aromatic nitrogens is 3. The fraction of sp³-hybridized carbons (Fsp3) is 0.400. The van der Waals surface area contributed by atoms with Crippen molar-refractivity contribution < 1.29 is 4.74 Å². The molecule has 0 amide bonds. The van der Waals surface area contributed by atoms with E-state index in [1.54, 1.807) is 0 Å². The van der Waals surface area contributed by atoms with Crippen molar-refractivity contribution in [2.45, 2.75) is 3.79 Å².